The lowest BCUT2D eigenvalue weighted by Gasteiger charge is -2.05. The highest BCUT2D eigenvalue weighted by molar-refractivity contribution is 7.10. The monoisotopic (exact) mass is 214 g/mol. The summed E-state index contributed by atoms with van der Waals surface area (Å²) < 4.78 is 0. The Bertz CT molecular complexity index is 268. The van der Waals surface area contributed by atoms with Gasteiger partial charge in [-0.05, 0) is 30.2 Å². The molecule has 2 heteroatoms. The zero-order valence-corrected chi connectivity index (χ0v) is 9.50. The summed E-state index contributed by atoms with van der Waals surface area (Å²) in [5.74, 6) is 0.743. The lowest BCUT2D eigenvalue weighted by Crippen LogP contribution is -1.97. The van der Waals surface area contributed by atoms with Crippen LogP contribution in [0.4, 0.5) is 0 Å². The van der Waals surface area contributed by atoms with Gasteiger partial charge in [0.2, 0.25) is 0 Å². The highest BCUT2D eigenvalue weighted by atomic mass is 35.5. The summed E-state index contributed by atoms with van der Waals surface area (Å²) in [5.41, 5.74) is 0. The number of alkyl halides is 1. The highest BCUT2D eigenvalue weighted by Gasteiger charge is 2.53. The van der Waals surface area contributed by atoms with Crippen molar-refractivity contribution in [2.45, 2.75) is 37.5 Å². The summed E-state index contributed by atoms with van der Waals surface area (Å²) in [4.78, 5) is 1.40. The van der Waals surface area contributed by atoms with Crippen LogP contribution in [0.15, 0.2) is 17.5 Å². The van der Waals surface area contributed by atoms with Crippen LogP contribution in [-0.4, -0.2) is 0 Å². The second-order valence-electron chi connectivity index (χ2n) is 3.88. The topological polar surface area (TPSA) is 0 Å². The van der Waals surface area contributed by atoms with Crippen molar-refractivity contribution in [3.8, 4) is 0 Å². The summed E-state index contributed by atoms with van der Waals surface area (Å²) in [6.07, 6.45) is 5.10. The summed E-state index contributed by atoms with van der Waals surface area (Å²) in [6.45, 7) is 2.24. The van der Waals surface area contributed by atoms with Crippen LogP contribution in [0.25, 0.3) is 0 Å². The molecule has 2 unspecified atom stereocenters. The zero-order chi connectivity index (χ0) is 9.31. The van der Waals surface area contributed by atoms with Crippen LogP contribution >= 0.6 is 22.9 Å². The van der Waals surface area contributed by atoms with Crippen LogP contribution < -0.4 is 0 Å². The maximum atomic E-state index is 6.52. The number of rotatable bonds is 4. The zero-order valence-electron chi connectivity index (χ0n) is 7.92. The Morgan fingerprint density at radius 1 is 1.69 bits per heavy atom. The third kappa shape index (κ3) is 1.77. The predicted molar refractivity (Wildman–Crippen MR) is 59.5 cm³/mol. The van der Waals surface area contributed by atoms with Gasteiger partial charge in [0.1, 0.15) is 0 Å². The predicted octanol–water partition coefficient (Wildman–Crippen LogP) is 4.39. The largest absolute Gasteiger partial charge is 0.147 e. The lowest BCUT2D eigenvalue weighted by molar-refractivity contribution is 0.628. The van der Waals surface area contributed by atoms with Crippen LogP contribution in [0.3, 0.4) is 0 Å². The number of hydrogen-bond acceptors (Lipinski definition) is 1. The molecule has 1 aliphatic carbocycles. The molecular formula is C11H15ClS. The molecular weight excluding hydrogens is 200 g/mol. The maximum Gasteiger partial charge on any atom is 0.0819 e. The Morgan fingerprint density at radius 3 is 3.15 bits per heavy atom. The average molecular weight is 215 g/mol. The van der Waals surface area contributed by atoms with Gasteiger partial charge in [-0.25, -0.2) is 0 Å². The van der Waals surface area contributed by atoms with E-state index < -0.39 is 0 Å². The fourth-order valence-electron chi connectivity index (χ4n) is 1.90. The van der Waals surface area contributed by atoms with Crippen LogP contribution in [0, 0.1) is 5.92 Å². The molecule has 0 nitrogen and oxygen atoms in total. The van der Waals surface area contributed by atoms with Crippen LogP contribution in [0.1, 0.15) is 37.5 Å². The van der Waals surface area contributed by atoms with E-state index in [0.717, 1.165) is 5.92 Å². The molecule has 72 valence electrons. The van der Waals surface area contributed by atoms with Crippen molar-refractivity contribution in [2.24, 2.45) is 5.92 Å². The van der Waals surface area contributed by atoms with Gasteiger partial charge >= 0.3 is 0 Å². The fraction of sp³-hybridized carbons (Fsp3) is 0.636. The minimum Gasteiger partial charge on any atom is -0.147 e. The van der Waals surface area contributed by atoms with Gasteiger partial charge in [0, 0.05) is 4.88 Å². The van der Waals surface area contributed by atoms with Gasteiger partial charge in [0.25, 0.3) is 0 Å². The van der Waals surface area contributed by atoms with Gasteiger partial charge < -0.3 is 0 Å². The molecule has 1 aromatic heterocycles. The Balaban J connectivity index is 1.95. The van der Waals surface area contributed by atoms with Crippen LogP contribution in [-0.2, 0) is 4.87 Å². The van der Waals surface area contributed by atoms with E-state index in [1.165, 1.54) is 30.6 Å². The van der Waals surface area contributed by atoms with Crippen molar-refractivity contribution >= 4 is 22.9 Å². The number of halogens is 1. The molecule has 13 heavy (non-hydrogen) atoms. The summed E-state index contributed by atoms with van der Waals surface area (Å²) in [5, 5.41) is 2.12. The molecule has 2 atom stereocenters. The van der Waals surface area contributed by atoms with Gasteiger partial charge in [0.05, 0.1) is 4.87 Å². The molecule has 0 saturated heterocycles. The quantitative estimate of drug-likeness (QED) is 0.652. The normalized spacial score (nSPS) is 32.0. The second-order valence-corrected chi connectivity index (χ2v) is 5.51. The van der Waals surface area contributed by atoms with Crippen molar-refractivity contribution in [2.75, 3.05) is 0 Å². The fourth-order valence-corrected chi connectivity index (χ4v) is 3.30. The smallest absolute Gasteiger partial charge is 0.0819 e. The SMILES string of the molecule is CCCCC1CC1(Cl)c1cccs1. The van der Waals surface area contributed by atoms with Gasteiger partial charge in [-0.1, -0.05) is 25.8 Å². The molecule has 0 bridgehead atoms. The highest BCUT2D eigenvalue weighted by Crippen LogP contribution is 2.60. The molecule has 0 aromatic carbocycles. The van der Waals surface area contributed by atoms with E-state index in [1.54, 1.807) is 11.3 Å². The summed E-state index contributed by atoms with van der Waals surface area (Å²) in [6, 6.07) is 4.27. The minimum absolute atomic E-state index is 0.0311. The molecule has 1 aromatic rings. The van der Waals surface area contributed by atoms with Crippen molar-refractivity contribution in [1.29, 1.82) is 0 Å². The molecule has 0 N–H and O–H groups in total. The molecule has 1 saturated carbocycles. The van der Waals surface area contributed by atoms with E-state index in [0.29, 0.717) is 0 Å². The maximum absolute atomic E-state index is 6.52. The van der Waals surface area contributed by atoms with E-state index in [-0.39, 0.29) is 4.87 Å². The molecule has 0 spiro atoms. The molecule has 0 amide bonds. The first-order valence-electron chi connectivity index (χ1n) is 5.00. The standard InChI is InChI=1S/C11H15ClS/c1-2-3-5-9-8-11(9,12)10-6-4-7-13-10/h4,6-7,9H,2-3,5,8H2,1H3. The molecule has 0 radical (unpaired) electrons. The van der Waals surface area contributed by atoms with Gasteiger partial charge in [-0.3, -0.25) is 0 Å². The third-order valence-electron chi connectivity index (χ3n) is 2.87. The average Bonchev–Trinajstić information content (AvgIpc) is 2.61. The van der Waals surface area contributed by atoms with E-state index >= 15 is 0 Å². The second kappa shape index (κ2) is 3.62. The number of unbranched alkanes of at least 4 members (excludes halogenated alkanes) is 1. The van der Waals surface area contributed by atoms with E-state index in [4.69, 9.17) is 11.6 Å². The number of thiophene rings is 1. The van der Waals surface area contributed by atoms with Crippen LogP contribution in [0.2, 0.25) is 0 Å². The van der Waals surface area contributed by atoms with E-state index in [1.807, 2.05) is 0 Å². The van der Waals surface area contributed by atoms with E-state index in [2.05, 4.69) is 24.4 Å². The van der Waals surface area contributed by atoms with E-state index in [9.17, 15) is 0 Å². The van der Waals surface area contributed by atoms with Crippen molar-refractivity contribution < 1.29 is 0 Å². The Morgan fingerprint density at radius 2 is 2.54 bits per heavy atom. The molecule has 0 aliphatic heterocycles. The molecule has 1 aliphatic rings. The molecule has 1 fully saturated rings. The van der Waals surface area contributed by atoms with Gasteiger partial charge in [0.15, 0.2) is 0 Å². The van der Waals surface area contributed by atoms with Crippen molar-refractivity contribution in [3.63, 3.8) is 0 Å². The number of hydrogen-bond donors (Lipinski definition) is 0. The Labute approximate surface area is 88.9 Å². The first-order valence-corrected chi connectivity index (χ1v) is 6.26. The minimum atomic E-state index is 0.0311. The molecule has 1 heterocycles. The molecule has 2 rings (SSSR count). The lowest BCUT2D eigenvalue weighted by atomic mass is 10.1. The Kier molecular flexibility index (Phi) is 2.66. The van der Waals surface area contributed by atoms with Gasteiger partial charge in [-0.2, -0.15) is 0 Å². The summed E-state index contributed by atoms with van der Waals surface area (Å²) in [7, 11) is 0. The first-order chi connectivity index (χ1) is 6.27. The third-order valence-corrected chi connectivity index (χ3v) is 4.69. The Hall–Kier alpha value is -0.0100. The van der Waals surface area contributed by atoms with Crippen molar-refractivity contribution in [1.82, 2.24) is 0 Å². The van der Waals surface area contributed by atoms with Gasteiger partial charge in [-0.15, -0.1) is 22.9 Å². The summed E-state index contributed by atoms with van der Waals surface area (Å²) >= 11 is 8.32. The van der Waals surface area contributed by atoms with Crippen LogP contribution in [0.5, 0.6) is 0 Å². The first kappa shape index (κ1) is 9.54. The van der Waals surface area contributed by atoms with Crippen molar-refractivity contribution in [3.05, 3.63) is 22.4 Å².